The van der Waals surface area contributed by atoms with Crippen LogP contribution in [0.25, 0.3) is 21.8 Å². The molecule has 0 atom stereocenters. The summed E-state index contributed by atoms with van der Waals surface area (Å²) in [4.78, 5) is 4.51. The Morgan fingerprint density at radius 1 is 1.05 bits per heavy atom. The lowest BCUT2D eigenvalue weighted by atomic mass is 10.1. The SMILES string of the molecule is N#Cc1cccc(-c2csc(-c3cccc(F)c3)n2)c1. The summed E-state index contributed by atoms with van der Waals surface area (Å²) in [6.07, 6.45) is 0. The van der Waals surface area contributed by atoms with E-state index in [0.29, 0.717) is 5.56 Å². The topological polar surface area (TPSA) is 36.7 Å². The van der Waals surface area contributed by atoms with Crippen molar-refractivity contribution in [3.05, 3.63) is 65.3 Å². The number of nitriles is 1. The minimum absolute atomic E-state index is 0.272. The fraction of sp³-hybridized carbons (Fsp3) is 0. The second-order valence-corrected chi connectivity index (χ2v) is 5.10. The van der Waals surface area contributed by atoms with E-state index in [4.69, 9.17) is 5.26 Å². The van der Waals surface area contributed by atoms with Gasteiger partial charge in [0.1, 0.15) is 10.8 Å². The molecule has 0 fully saturated rings. The van der Waals surface area contributed by atoms with Crippen LogP contribution in [0.15, 0.2) is 53.9 Å². The fourth-order valence-corrected chi connectivity index (χ4v) is 2.73. The van der Waals surface area contributed by atoms with Crippen LogP contribution in [-0.2, 0) is 0 Å². The molecule has 3 aromatic rings. The van der Waals surface area contributed by atoms with Gasteiger partial charge in [-0.2, -0.15) is 5.26 Å². The first kappa shape index (κ1) is 12.5. The standard InChI is InChI=1S/C16H9FN2S/c17-14-6-2-5-13(8-14)16-19-15(10-20-16)12-4-1-3-11(7-12)9-18/h1-8,10H. The Balaban J connectivity index is 2.00. The molecule has 3 rings (SSSR count). The highest BCUT2D eigenvalue weighted by Gasteiger charge is 2.07. The highest BCUT2D eigenvalue weighted by atomic mass is 32.1. The van der Waals surface area contributed by atoms with Gasteiger partial charge >= 0.3 is 0 Å². The Kier molecular flexibility index (Phi) is 3.28. The summed E-state index contributed by atoms with van der Waals surface area (Å²) in [6, 6.07) is 15.8. The average molecular weight is 280 g/mol. The maximum Gasteiger partial charge on any atom is 0.124 e. The molecule has 0 saturated carbocycles. The molecule has 0 N–H and O–H groups in total. The van der Waals surface area contributed by atoms with E-state index in [1.807, 2.05) is 23.6 Å². The van der Waals surface area contributed by atoms with Gasteiger partial charge in [0.05, 0.1) is 17.3 Å². The molecule has 2 nitrogen and oxygen atoms in total. The molecule has 0 amide bonds. The van der Waals surface area contributed by atoms with Crippen LogP contribution in [0.5, 0.6) is 0 Å². The van der Waals surface area contributed by atoms with E-state index in [0.717, 1.165) is 21.8 Å². The van der Waals surface area contributed by atoms with Crippen molar-refractivity contribution in [3.8, 4) is 27.9 Å². The van der Waals surface area contributed by atoms with Crippen molar-refractivity contribution in [3.63, 3.8) is 0 Å². The second kappa shape index (κ2) is 5.24. The van der Waals surface area contributed by atoms with Gasteiger partial charge in [-0.25, -0.2) is 9.37 Å². The van der Waals surface area contributed by atoms with Crippen molar-refractivity contribution in [1.29, 1.82) is 5.26 Å². The van der Waals surface area contributed by atoms with Crippen LogP contribution < -0.4 is 0 Å². The lowest BCUT2D eigenvalue weighted by Crippen LogP contribution is -1.82. The van der Waals surface area contributed by atoms with Gasteiger partial charge in [-0.15, -0.1) is 11.3 Å². The Morgan fingerprint density at radius 3 is 2.65 bits per heavy atom. The van der Waals surface area contributed by atoms with Crippen LogP contribution in [-0.4, -0.2) is 4.98 Å². The molecule has 0 aliphatic rings. The second-order valence-electron chi connectivity index (χ2n) is 4.24. The maximum atomic E-state index is 13.2. The molecule has 0 unspecified atom stereocenters. The van der Waals surface area contributed by atoms with Crippen molar-refractivity contribution >= 4 is 11.3 Å². The third-order valence-corrected chi connectivity index (χ3v) is 3.75. The monoisotopic (exact) mass is 280 g/mol. The Labute approximate surface area is 119 Å². The van der Waals surface area contributed by atoms with Gasteiger partial charge in [-0.05, 0) is 24.3 Å². The molecule has 0 aliphatic carbocycles. The van der Waals surface area contributed by atoms with E-state index in [-0.39, 0.29) is 5.82 Å². The van der Waals surface area contributed by atoms with Crippen molar-refractivity contribution < 1.29 is 4.39 Å². The molecule has 0 radical (unpaired) electrons. The number of rotatable bonds is 2. The first-order valence-corrected chi connectivity index (χ1v) is 6.86. The van der Waals surface area contributed by atoms with E-state index in [9.17, 15) is 4.39 Å². The number of hydrogen-bond acceptors (Lipinski definition) is 3. The summed E-state index contributed by atoms with van der Waals surface area (Å²) in [5, 5.41) is 11.6. The fourth-order valence-electron chi connectivity index (χ4n) is 1.91. The van der Waals surface area contributed by atoms with Gasteiger partial charge in [0, 0.05) is 16.5 Å². The molecule has 1 aromatic heterocycles. The minimum atomic E-state index is -0.272. The lowest BCUT2D eigenvalue weighted by Gasteiger charge is -1.98. The first-order chi connectivity index (χ1) is 9.76. The van der Waals surface area contributed by atoms with Crippen molar-refractivity contribution in [2.75, 3.05) is 0 Å². The summed E-state index contributed by atoms with van der Waals surface area (Å²) < 4.78 is 13.2. The van der Waals surface area contributed by atoms with Gasteiger partial charge in [0.2, 0.25) is 0 Å². The predicted octanol–water partition coefficient (Wildman–Crippen LogP) is 4.49. The zero-order chi connectivity index (χ0) is 13.9. The summed E-state index contributed by atoms with van der Waals surface area (Å²) in [5.74, 6) is -0.272. The average Bonchev–Trinajstić information content (AvgIpc) is 2.97. The van der Waals surface area contributed by atoms with E-state index >= 15 is 0 Å². The maximum absolute atomic E-state index is 13.2. The third-order valence-electron chi connectivity index (χ3n) is 2.86. The highest BCUT2D eigenvalue weighted by molar-refractivity contribution is 7.13. The molecule has 2 aromatic carbocycles. The smallest absolute Gasteiger partial charge is 0.124 e. The molecule has 96 valence electrons. The van der Waals surface area contributed by atoms with Crippen molar-refractivity contribution in [2.24, 2.45) is 0 Å². The molecular weight excluding hydrogens is 271 g/mol. The molecule has 20 heavy (non-hydrogen) atoms. The van der Waals surface area contributed by atoms with Gasteiger partial charge in [0.15, 0.2) is 0 Å². The van der Waals surface area contributed by atoms with Crippen LogP contribution >= 0.6 is 11.3 Å². The van der Waals surface area contributed by atoms with Crippen molar-refractivity contribution in [2.45, 2.75) is 0 Å². The molecular formula is C16H9FN2S. The number of benzene rings is 2. The molecule has 4 heteroatoms. The highest BCUT2D eigenvalue weighted by Crippen LogP contribution is 2.29. The summed E-state index contributed by atoms with van der Waals surface area (Å²) in [6.45, 7) is 0. The zero-order valence-corrected chi connectivity index (χ0v) is 11.2. The Bertz CT molecular complexity index is 802. The van der Waals surface area contributed by atoms with Gasteiger partial charge in [-0.3, -0.25) is 0 Å². The van der Waals surface area contributed by atoms with E-state index in [2.05, 4.69) is 11.1 Å². The summed E-state index contributed by atoms with van der Waals surface area (Å²) >= 11 is 1.46. The molecule has 1 heterocycles. The van der Waals surface area contributed by atoms with Crippen LogP contribution in [0.2, 0.25) is 0 Å². The number of hydrogen-bond donors (Lipinski definition) is 0. The van der Waals surface area contributed by atoms with Gasteiger partial charge in [-0.1, -0.05) is 24.3 Å². The normalized spacial score (nSPS) is 10.2. The van der Waals surface area contributed by atoms with Gasteiger partial charge in [0.25, 0.3) is 0 Å². The Hall–Kier alpha value is -2.51. The molecule has 0 aliphatic heterocycles. The number of thiazole rings is 1. The van der Waals surface area contributed by atoms with Crippen LogP contribution in [0.3, 0.4) is 0 Å². The molecule has 0 spiro atoms. The van der Waals surface area contributed by atoms with E-state index in [1.54, 1.807) is 18.2 Å². The number of aromatic nitrogens is 1. The van der Waals surface area contributed by atoms with E-state index < -0.39 is 0 Å². The lowest BCUT2D eigenvalue weighted by molar-refractivity contribution is 0.628. The minimum Gasteiger partial charge on any atom is -0.236 e. The first-order valence-electron chi connectivity index (χ1n) is 5.98. The molecule has 0 saturated heterocycles. The van der Waals surface area contributed by atoms with E-state index in [1.165, 1.54) is 23.5 Å². The number of nitrogens with zero attached hydrogens (tertiary/aromatic N) is 2. The number of halogens is 1. The summed E-state index contributed by atoms with van der Waals surface area (Å²) in [5.41, 5.74) is 3.05. The van der Waals surface area contributed by atoms with Crippen LogP contribution in [0.4, 0.5) is 4.39 Å². The van der Waals surface area contributed by atoms with Crippen molar-refractivity contribution in [1.82, 2.24) is 4.98 Å². The predicted molar refractivity (Wildman–Crippen MR) is 77.7 cm³/mol. The van der Waals surface area contributed by atoms with Crippen LogP contribution in [0.1, 0.15) is 5.56 Å². The van der Waals surface area contributed by atoms with Crippen LogP contribution in [0, 0.1) is 17.1 Å². The molecule has 0 bridgehead atoms. The van der Waals surface area contributed by atoms with Gasteiger partial charge < -0.3 is 0 Å². The Morgan fingerprint density at radius 2 is 1.85 bits per heavy atom. The largest absolute Gasteiger partial charge is 0.236 e. The quantitative estimate of drug-likeness (QED) is 0.693. The third kappa shape index (κ3) is 2.44. The zero-order valence-electron chi connectivity index (χ0n) is 10.4. The summed E-state index contributed by atoms with van der Waals surface area (Å²) in [7, 11) is 0.